The van der Waals surface area contributed by atoms with Gasteiger partial charge >= 0.3 is 0 Å². The van der Waals surface area contributed by atoms with Gasteiger partial charge in [0.05, 0.1) is 0 Å². The monoisotopic (exact) mass is 468 g/mol. The summed E-state index contributed by atoms with van der Waals surface area (Å²) in [5, 5.41) is 3.49. The molecule has 1 aromatic carbocycles. The molecule has 1 N–H and O–H groups in total. The molecule has 5 nitrogen and oxygen atoms in total. The van der Waals surface area contributed by atoms with Crippen LogP contribution >= 0.6 is 24.0 Å². The number of hydrogen-bond donors (Lipinski definition) is 1. The van der Waals surface area contributed by atoms with Gasteiger partial charge in [0.1, 0.15) is 12.4 Å². The summed E-state index contributed by atoms with van der Waals surface area (Å²) in [5.74, 6) is 1.86. The summed E-state index contributed by atoms with van der Waals surface area (Å²) in [4.78, 5) is 9.37. The van der Waals surface area contributed by atoms with Crippen LogP contribution in [0.4, 0.5) is 0 Å². The second-order valence-corrected chi connectivity index (χ2v) is 6.42. The van der Waals surface area contributed by atoms with Crippen molar-refractivity contribution < 1.29 is 4.74 Å². The molecule has 0 saturated carbocycles. The zero-order chi connectivity index (χ0) is 17.5. The van der Waals surface area contributed by atoms with Crippen molar-refractivity contribution in [1.29, 1.82) is 0 Å². The lowest BCUT2D eigenvalue weighted by molar-refractivity contribution is 0.259. The molecule has 2 heterocycles. The Bertz CT molecular complexity index is 638. The molecular formula is C20H29IN4O. The zero-order valence-electron chi connectivity index (χ0n) is 15.4. The number of para-hydroxylation sites is 1. The number of halogens is 1. The average molecular weight is 468 g/mol. The SMILES string of the molecule is C=CCOc1ccccc1CNC(=NC)N1CCC(N2CC=CC2)C1.I. The van der Waals surface area contributed by atoms with Crippen LogP contribution in [0, 0.1) is 0 Å². The first-order valence-electron chi connectivity index (χ1n) is 8.98. The molecule has 1 aromatic rings. The number of ether oxygens (including phenoxy) is 1. The highest BCUT2D eigenvalue weighted by atomic mass is 127. The molecule has 142 valence electrons. The number of nitrogens with one attached hydrogen (secondary N) is 1. The first kappa shape index (κ1) is 20.8. The van der Waals surface area contributed by atoms with Gasteiger partial charge in [-0.1, -0.05) is 43.0 Å². The molecule has 0 aromatic heterocycles. The van der Waals surface area contributed by atoms with Crippen LogP contribution in [-0.4, -0.2) is 61.6 Å². The number of hydrogen-bond acceptors (Lipinski definition) is 3. The van der Waals surface area contributed by atoms with Gasteiger partial charge in [-0.15, -0.1) is 24.0 Å². The fourth-order valence-corrected chi connectivity index (χ4v) is 3.47. The molecule has 6 heteroatoms. The van der Waals surface area contributed by atoms with Gasteiger partial charge in [0.2, 0.25) is 0 Å². The van der Waals surface area contributed by atoms with Crippen molar-refractivity contribution >= 4 is 29.9 Å². The third kappa shape index (κ3) is 5.23. The second kappa shape index (κ2) is 10.6. The summed E-state index contributed by atoms with van der Waals surface area (Å²) in [7, 11) is 1.85. The van der Waals surface area contributed by atoms with Crippen LogP contribution in [-0.2, 0) is 6.54 Å². The predicted molar refractivity (Wildman–Crippen MR) is 118 cm³/mol. The van der Waals surface area contributed by atoms with Crippen molar-refractivity contribution in [2.75, 3.05) is 39.8 Å². The third-order valence-corrected chi connectivity index (χ3v) is 4.80. The standard InChI is InChI=1S/C20H28N4O.HI/c1-3-14-25-19-9-5-4-8-17(19)15-22-20(21-2)24-13-10-18(16-24)23-11-6-7-12-23;/h3-9,18H,1,10-16H2,2H3,(H,21,22);1H. The van der Waals surface area contributed by atoms with Crippen LogP contribution < -0.4 is 10.1 Å². The highest BCUT2D eigenvalue weighted by Crippen LogP contribution is 2.20. The normalized spacial score (nSPS) is 20.1. The van der Waals surface area contributed by atoms with Crippen molar-refractivity contribution in [1.82, 2.24) is 15.1 Å². The highest BCUT2D eigenvalue weighted by molar-refractivity contribution is 14.0. The third-order valence-electron chi connectivity index (χ3n) is 4.80. The number of guanidine groups is 1. The Hall–Kier alpha value is -1.54. The van der Waals surface area contributed by atoms with Gasteiger partial charge in [0.15, 0.2) is 5.96 Å². The van der Waals surface area contributed by atoms with Gasteiger partial charge in [0.25, 0.3) is 0 Å². The van der Waals surface area contributed by atoms with Crippen LogP contribution in [0.15, 0.2) is 54.1 Å². The number of likely N-dealkylation sites (tertiary alicyclic amines) is 1. The van der Waals surface area contributed by atoms with Crippen molar-refractivity contribution in [3.63, 3.8) is 0 Å². The zero-order valence-corrected chi connectivity index (χ0v) is 17.8. The lowest BCUT2D eigenvalue weighted by Crippen LogP contribution is -2.42. The molecule has 2 aliphatic rings. The summed E-state index contributed by atoms with van der Waals surface area (Å²) in [5.41, 5.74) is 1.13. The Morgan fingerprint density at radius 3 is 2.85 bits per heavy atom. The molecule has 1 fully saturated rings. The second-order valence-electron chi connectivity index (χ2n) is 6.42. The van der Waals surface area contributed by atoms with E-state index in [9.17, 15) is 0 Å². The Labute approximate surface area is 173 Å². The molecule has 0 radical (unpaired) electrons. The number of nitrogens with zero attached hydrogens (tertiary/aromatic N) is 3. The molecule has 1 unspecified atom stereocenters. The van der Waals surface area contributed by atoms with Crippen molar-refractivity contribution in [3.05, 3.63) is 54.6 Å². The lowest BCUT2D eigenvalue weighted by Gasteiger charge is -2.25. The van der Waals surface area contributed by atoms with E-state index < -0.39 is 0 Å². The first-order valence-corrected chi connectivity index (χ1v) is 8.98. The van der Waals surface area contributed by atoms with E-state index in [0.717, 1.165) is 43.5 Å². The largest absolute Gasteiger partial charge is 0.489 e. The number of benzene rings is 1. The minimum Gasteiger partial charge on any atom is -0.489 e. The smallest absolute Gasteiger partial charge is 0.193 e. The molecule has 0 bridgehead atoms. The molecular weight excluding hydrogens is 439 g/mol. The van der Waals surface area contributed by atoms with Crippen LogP contribution in [0.1, 0.15) is 12.0 Å². The summed E-state index contributed by atoms with van der Waals surface area (Å²) in [6.45, 7) is 9.18. The van der Waals surface area contributed by atoms with E-state index in [1.165, 1.54) is 6.42 Å². The van der Waals surface area contributed by atoms with Crippen molar-refractivity contribution in [2.45, 2.75) is 19.0 Å². The van der Waals surface area contributed by atoms with E-state index in [4.69, 9.17) is 4.74 Å². The summed E-state index contributed by atoms with van der Waals surface area (Å²) in [6.07, 6.45) is 7.48. The maximum atomic E-state index is 5.74. The fourth-order valence-electron chi connectivity index (χ4n) is 3.47. The Kier molecular flexibility index (Phi) is 8.44. The Morgan fingerprint density at radius 2 is 2.12 bits per heavy atom. The molecule has 2 aliphatic heterocycles. The van der Waals surface area contributed by atoms with E-state index in [0.29, 0.717) is 19.2 Å². The van der Waals surface area contributed by atoms with Gasteiger partial charge in [-0.3, -0.25) is 9.89 Å². The molecule has 0 amide bonds. The molecule has 26 heavy (non-hydrogen) atoms. The van der Waals surface area contributed by atoms with Gasteiger partial charge in [0, 0.05) is 51.4 Å². The predicted octanol–water partition coefficient (Wildman–Crippen LogP) is 2.89. The van der Waals surface area contributed by atoms with Gasteiger partial charge in [-0.2, -0.15) is 0 Å². The number of aliphatic imine (C=N–C) groups is 1. The van der Waals surface area contributed by atoms with Crippen LogP contribution in [0.25, 0.3) is 0 Å². The highest BCUT2D eigenvalue weighted by Gasteiger charge is 2.29. The topological polar surface area (TPSA) is 40.1 Å². The molecule has 3 rings (SSSR count). The van der Waals surface area contributed by atoms with E-state index in [-0.39, 0.29) is 24.0 Å². The Balaban J connectivity index is 0.00000243. The van der Waals surface area contributed by atoms with E-state index in [2.05, 4.69) is 44.9 Å². The summed E-state index contributed by atoms with van der Waals surface area (Å²) >= 11 is 0. The lowest BCUT2D eigenvalue weighted by atomic mass is 10.2. The van der Waals surface area contributed by atoms with Gasteiger partial charge < -0.3 is 15.0 Å². The molecule has 0 spiro atoms. The van der Waals surface area contributed by atoms with E-state index in [1.54, 1.807) is 6.08 Å². The minimum absolute atomic E-state index is 0. The average Bonchev–Trinajstić information content (AvgIpc) is 3.33. The van der Waals surface area contributed by atoms with E-state index >= 15 is 0 Å². The van der Waals surface area contributed by atoms with Crippen LogP contribution in [0.5, 0.6) is 5.75 Å². The number of rotatable bonds is 6. The van der Waals surface area contributed by atoms with Crippen LogP contribution in [0.2, 0.25) is 0 Å². The fraction of sp³-hybridized carbons (Fsp3) is 0.450. The quantitative estimate of drug-likeness (QED) is 0.302. The maximum absolute atomic E-state index is 5.74. The minimum atomic E-state index is 0. The van der Waals surface area contributed by atoms with Gasteiger partial charge in [-0.25, -0.2) is 0 Å². The van der Waals surface area contributed by atoms with Crippen molar-refractivity contribution in [2.24, 2.45) is 4.99 Å². The van der Waals surface area contributed by atoms with Gasteiger partial charge in [-0.05, 0) is 12.5 Å². The molecule has 1 saturated heterocycles. The van der Waals surface area contributed by atoms with E-state index in [1.807, 2.05) is 25.2 Å². The summed E-state index contributed by atoms with van der Waals surface area (Å²) in [6, 6.07) is 8.73. The first-order chi connectivity index (χ1) is 12.3. The molecule has 1 atom stereocenters. The van der Waals surface area contributed by atoms with Crippen molar-refractivity contribution in [3.8, 4) is 5.75 Å². The Morgan fingerprint density at radius 1 is 1.35 bits per heavy atom. The maximum Gasteiger partial charge on any atom is 0.193 e. The summed E-state index contributed by atoms with van der Waals surface area (Å²) < 4.78 is 5.74. The molecule has 0 aliphatic carbocycles. The van der Waals surface area contributed by atoms with Crippen LogP contribution in [0.3, 0.4) is 0 Å².